The third-order valence-corrected chi connectivity index (χ3v) is 5.43. The minimum absolute atomic E-state index is 0.146. The number of fused-ring (bicyclic) bond motifs is 1. The third-order valence-electron chi connectivity index (χ3n) is 5.43. The zero-order valence-corrected chi connectivity index (χ0v) is 14.5. The molecule has 4 heteroatoms. The number of nitrogens with zero attached hydrogens (tertiary/aromatic N) is 1. The van der Waals surface area contributed by atoms with Crippen LogP contribution in [0.2, 0.25) is 0 Å². The second kappa shape index (κ2) is 6.36. The summed E-state index contributed by atoms with van der Waals surface area (Å²) in [6.07, 6.45) is 1.68. The van der Waals surface area contributed by atoms with Gasteiger partial charge in [-0.1, -0.05) is 6.92 Å². The number of carbonyl (C=O) groups is 1. The lowest BCUT2D eigenvalue weighted by molar-refractivity contribution is -0.127. The Morgan fingerprint density at radius 2 is 2.13 bits per heavy atom. The average Bonchev–Trinajstić information content (AvgIpc) is 2.86. The Labute approximate surface area is 137 Å². The Bertz CT molecular complexity index is 719. The van der Waals surface area contributed by atoms with Gasteiger partial charge in [-0.15, -0.1) is 0 Å². The van der Waals surface area contributed by atoms with Crippen LogP contribution >= 0.6 is 0 Å². The number of hydrogen-bond donors (Lipinski definition) is 1. The highest BCUT2D eigenvalue weighted by molar-refractivity contribution is 5.86. The van der Waals surface area contributed by atoms with Gasteiger partial charge in [-0.25, -0.2) is 0 Å². The zero-order chi connectivity index (χ0) is 16.6. The number of piperidine rings is 1. The molecule has 2 aromatic rings. The van der Waals surface area contributed by atoms with Gasteiger partial charge in [0.15, 0.2) is 0 Å². The smallest absolute Gasteiger partial charge is 0.138 e. The number of benzene rings is 1. The van der Waals surface area contributed by atoms with Gasteiger partial charge in [-0.2, -0.15) is 0 Å². The summed E-state index contributed by atoms with van der Waals surface area (Å²) >= 11 is 0. The highest BCUT2D eigenvalue weighted by atomic mass is 16.5. The molecule has 0 unspecified atom stereocenters. The fraction of sp³-hybridized carbons (Fsp3) is 0.526. The summed E-state index contributed by atoms with van der Waals surface area (Å²) in [5.74, 6) is 1.44. The van der Waals surface area contributed by atoms with Gasteiger partial charge in [0.05, 0.1) is 7.11 Å². The lowest BCUT2D eigenvalue weighted by Gasteiger charge is -2.37. The summed E-state index contributed by atoms with van der Waals surface area (Å²) in [5.41, 5.74) is 3.74. The van der Waals surface area contributed by atoms with E-state index in [1.165, 1.54) is 16.6 Å². The molecule has 3 rings (SSSR count). The molecule has 0 amide bonds. The van der Waals surface area contributed by atoms with Crippen LogP contribution in [0.1, 0.15) is 31.5 Å². The molecular weight excluding hydrogens is 288 g/mol. The molecule has 2 atom stereocenters. The molecule has 1 saturated heterocycles. The van der Waals surface area contributed by atoms with Crippen LogP contribution < -0.4 is 4.74 Å². The number of hydrogen-bond acceptors (Lipinski definition) is 3. The molecule has 124 valence electrons. The summed E-state index contributed by atoms with van der Waals surface area (Å²) in [7, 11) is 1.70. The molecule has 1 N–H and O–H groups in total. The van der Waals surface area contributed by atoms with Gasteiger partial charge < -0.3 is 9.72 Å². The van der Waals surface area contributed by atoms with Crippen molar-refractivity contribution in [3.8, 4) is 5.75 Å². The Kier molecular flexibility index (Phi) is 4.44. The summed E-state index contributed by atoms with van der Waals surface area (Å²) in [5, 5.41) is 1.25. The van der Waals surface area contributed by atoms with E-state index in [4.69, 9.17) is 4.74 Å². The molecule has 23 heavy (non-hydrogen) atoms. The number of ether oxygens (including phenoxy) is 1. The number of rotatable bonds is 4. The van der Waals surface area contributed by atoms with Crippen molar-refractivity contribution in [3.05, 3.63) is 29.5 Å². The van der Waals surface area contributed by atoms with Crippen LogP contribution in [0, 0.1) is 12.8 Å². The molecule has 1 aliphatic heterocycles. The molecule has 1 aromatic carbocycles. The quantitative estimate of drug-likeness (QED) is 0.941. The highest BCUT2D eigenvalue weighted by Gasteiger charge is 2.30. The molecule has 1 aromatic heterocycles. The van der Waals surface area contributed by atoms with E-state index in [-0.39, 0.29) is 5.92 Å². The number of aromatic nitrogens is 1. The van der Waals surface area contributed by atoms with Crippen LogP contribution in [-0.2, 0) is 11.2 Å². The van der Waals surface area contributed by atoms with Crippen molar-refractivity contribution in [3.63, 3.8) is 0 Å². The van der Waals surface area contributed by atoms with Crippen molar-refractivity contribution in [2.75, 3.05) is 20.2 Å². The predicted octanol–water partition coefficient (Wildman–Crippen LogP) is 3.33. The van der Waals surface area contributed by atoms with Crippen LogP contribution in [0.25, 0.3) is 10.9 Å². The first kappa shape index (κ1) is 16.1. The largest absolute Gasteiger partial charge is 0.497 e. The Hall–Kier alpha value is -1.81. The molecule has 1 aliphatic rings. The SMILES string of the molecule is COc1ccc2[nH]c(C)c(CCN3CCC(=O)[C@@H](C)[C@@H]3C)c2c1. The van der Waals surface area contributed by atoms with Crippen molar-refractivity contribution in [2.45, 2.75) is 39.7 Å². The van der Waals surface area contributed by atoms with Gasteiger partial charge in [0.25, 0.3) is 0 Å². The second-order valence-electron chi connectivity index (χ2n) is 6.67. The summed E-state index contributed by atoms with van der Waals surface area (Å²) in [6, 6.07) is 6.51. The van der Waals surface area contributed by atoms with Gasteiger partial charge in [0.2, 0.25) is 0 Å². The van der Waals surface area contributed by atoms with Gasteiger partial charge in [-0.3, -0.25) is 9.69 Å². The minimum atomic E-state index is 0.146. The minimum Gasteiger partial charge on any atom is -0.497 e. The number of methoxy groups -OCH3 is 1. The number of Topliss-reactive ketones (excluding diaryl/α,β-unsaturated/α-hetero) is 1. The molecule has 4 nitrogen and oxygen atoms in total. The van der Waals surface area contributed by atoms with E-state index in [2.05, 4.69) is 42.8 Å². The molecule has 0 aliphatic carbocycles. The molecule has 0 radical (unpaired) electrons. The average molecular weight is 314 g/mol. The molecule has 0 saturated carbocycles. The maximum absolute atomic E-state index is 11.8. The Balaban J connectivity index is 1.79. The number of aryl methyl sites for hydroxylation is 1. The maximum Gasteiger partial charge on any atom is 0.138 e. The van der Waals surface area contributed by atoms with Crippen molar-refractivity contribution in [1.29, 1.82) is 0 Å². The first-order chi connectivity index (χ1) is 11.0. The normalized spacial score (nSPS) is 22.7. The molecule has 1 fully saturated rings. The molecule has 0 bridgehead atoms. The zero-order valence-electron chi connectivity index (χ0n) is 14.5. The van der Waals surface area contributed by atoms with Gasteiger partial charge >= 0.3 is 0 Å². The fourth-order valence-electron chi connectivity index (χ4n) is 3.65. The van der Waals surface area contributed by atoms with E-state index in [0.717, 1.165) is 30.8 Å². The first-order valence-corrected chi connectivity index (χ1v) is 8.43. The van der Waals surface area contributed by atoms with Gasteiger partial charge in [0.1, 0.15) is 11.5 Å². The van der Waals surface area contributed by atoms with E-state index in [1.807, 2.05) is 6.07 Å². The van der Waals surface area contributed by atoms with Crippen molar-refractivity contribution >= 4 is 16.7 Å². The van der Waals surface area contributed by atoms with Crippen molar-refractivity contribution < 1.29 is 9.53 Å². The van der Waals surface area contributed by atoms with Gasteiger partial charge in [-0.05, 0) is 44.0 Å². The standard InChI is InChI=1S/C19H26N2O2/c1-12-14(3)21(10-8-19(12)22)9-7-16-13(2)20-18-6-5-15(23-4)11-17(16)18/h5-6,11-12,14,20H,7-10H2,1-4H3/t12-,14-/m0/s1. The van der Waals surface area contributed by atoms with Crippen molar-refractivity contribution in [1.82, 2.24) is 9.88 Å². The van der Waals surface area contributed by atoms with E-state index < -0.39 is 0 Å². The summed E-state index contributed by atoms with van der Waals surface area (Å²) in [4.78, 5) is 17.8. The number of carbonyl (C=O) groups excluding carboxylic acids is 1. The predicted molar refractivity (Wildman–Crippen MR) is 93.1 cm³/mol. The van der Waals surface area contributed by atoms with Crippen LogP contribution in [-0.4, -0.2) is 41.9 Å². The molecule has 2 heterocycles. The topological polar surface area (TPSA) is 45.3 Å². The first-order valence-electron chi connectivity index (χ1n) is 8.43. The van der Waals surface area contributed by atoms with Crippen LogP contribution in [0.15, 0.2) is 18.2 Å². The fourth-order valence-corrected chi connectivity index (χ4v) is 3.65. The maximum atomic E-state index is 11.8. The molecular formula is C19H26N2O2. The second-order valence-corrected chi connectivity index (χ2v) is 6.67. The Morgan fingerprint density at radius 1 is 1.35 bits per heavy atom. The lowest BCUT2D eigenvalue weighted by Crippen LogP contribution is -2.47. The van der Waals surface area contributed by atoms with Gasteiger partial charge in [0, 0.05) is 48.1 Å². The number of aromatic amines is 1. The van der Waals surface area contributed by atoms with Crippen LogP contribution in [0.4, 0.5) is 0 Å². The summed E-state index contributed by atoms with van der Waals surface area (Å²) < 4.78 is 5.36. The Morgan fingerprint density at radius 3 is 2.87 bits per heavy atom. The number of ketones is 1. The van der Waals surface area contributed by atoms with E-state index in [1.54, 1.807) is 7.11 Å². The van der Waals surface area contributed by atoms with Crippen molar-refractivity contribution in [2.24, 2.45) is 5.92 Å². The monoisotopic (exact) mass is 314 g/mol. The molecule has 0 spiro atoms. The third kappa shape index (κ3) is 3.00. The highest BCUT2D eigenvalue weighted by Crippen LogP contribution is 2.28. The number of likely N-dealkylation sites (tertiary alicyclic amines) is 1. The van der Waals surface area contributed by atoms with E-state index in [0.29, 0.717) is 18.2 Å². The number of nitrogens with one attached hydrogen (secondary N) is 1. The van der Waals surface area contributed by atoms with Crippen LogP contribution in [0.3, 0.4) is 0 Å². The van der Waals surface area contributed by atoms with E-state index >= 15 is 0 Å². The summed E-state index contributed by atoms with van der Waals surface area (Å²) in [6.45, 7) is 8.24. The lowest BCUT2D eigenvalue weighted by atomic mass is 9.90. The van der Waals surface area contributed by atoms with Crippen LogP contribution in [0.5, 0.6) is 5.75 Å². The van der Waals surface area contributed by atoms with E-state index in [9.17, 15) is 4.79 Å². The number of H-pyrrole nitrogens is 1.